The Labute approximate surface area is 201 Å². The van der Waals surface area contributed by atoms with E-state index >= 15 is 0 Å². The molecule has 1 unspecified atom stereocenters. The van der Waals surface area contributed by atoms with E-state index in [1.807, 2.05) is 0 Å². The van der Waals surface area contributed by atoms with Crippen molar-refractivity contribution < 1.29 is 0 Å². The number of rotatable bonds is 12. The molecule has 0 aliphatic rings. The van der Waals surface area contributed by atoms with Crippen LogP contribution in [0, 0.1) is 5.92 Å². The lowest BCUT2D eigenvalue weighted by Gasteiger charge is -2.18. The Bertz CT molecular complexity index is 954. The molecule has 33 heavy (non-hydrogen) atoms. The molecule has 3 rings (SSSR count). The van der Waals surface area contributed by atoms with Crippen molar-refractivity contribution in [3.63, 3.8) is 0 Å². The molecule has 0 aliphatic carbocycles. The summed E-state index contributed by atoms with van der Waals surface area (Å²) in [6.45, 7) is 4.54. The van der Waals surface area contributed by atoms with Crippen LogP contribution in [0.25, 0.3) is 6.08 Å². The zero-order chi connectivity index (χ0) is 23.1. The third kappa shape index (κ3) is 8.73. The highest BCUT2D eigenvalue weighted by Crippen LogP contribution is 2.30. The molecule has 0 bridgehead atoms. The lowest BCUT2D eigenvalue weighted by atomic mass is 9.86. The van der Waals surface area contributed by atoms with Gasteiger partial charge in [-0.15, -0.1) is 0 Å². The SMILES string of the molecule is CCC=C(C=CCCC(C)C=Cc1ccccc1)CCC(c1ccccc1)c1ccccc1. The van der Waals surface area contributed by atoms with Crippen LogP contribution in [0.1, 0.15) is 68.6 Å². The van der Waals surface area contributed by atoms with Gasteiger partial charge in [0.1, 0.15) is 0 Å². The Hall–Kier alpha value is -3.12. The predicted molar refractivity (Wildman–Crippen MR) is 145 cm³/mol. The minimum Gasteiger partial charge on any atom is -0.0843 e. The van der Waals surface area contributed by atoms with E-state index in [0.29, 0.717) is 11.8 Å². The molecule has 1 atom stereocenters. The number of hydrogen-bond acceptors (Lipinski definition) is 0. The smallest absolute Gasteiger partial charge is 0.00925 e. The molecule has 0 heterocycles. The molecule has 0 radical (unpaired) electrons. The van der Waals surface area contributed by atoms with Crippen LogP contribution in [0.4, 0.5) is 0 Å². The molecule has 0 saturated heterocycles. The molecule has 0 amide bonds. The fourth-order valence-corrected chi connectivity index (χ4v) is 4.25. The lowest BCUT2D eigenvalue weighted by molar-refractivity contribution is 0.659. The topological polar surface area (TPSA) is 0 Å². The molecule has 170 valence electrons. The molecule has 0 aromatic heterocycles. The standard InChI is InChI=1S/C33H38/c1-3-15-29(19-14-13-16-28(2)24-25-30-17-7-4-8-18-30)26-27-33(31-20-9-5-10-21-31)32-22-11-6-12-23-32/h4-12,14-15,17-25,28,33H,3,13,16,26-27H2,1-2H3. The molecular weight excluding hydrogens is 396 g/mol. The van der Waals surface area contributed by atoms with Crippen LogP contribution in [-0.2, 0) is 0 Å². The van der Waals surface area contributed by atoms with Crippen LogP contribution in [0.3, 0.4) is 0 Å². The largest absolute Gasteiger partial charge is 0.0843 e. The third-order valence-corrected chi connectivity index (χ3v) is 6.13. The molecule has 0 N–H and O–H groups in total. The van der Waals surface area contributed by atoms with Crippen molar-refractivity contribution in [2.24, 2.45) is 5.92 Å². The zero-order valence-electron chi connectivity index (χ0n) is 20.2. The second-order valence-electron chi connectivity index (χ2n) is 8.83. The van der Waals surface area contributed by atoms with Crippen molar-refractivity contribution in [2.45, 2.75) is 51.9 Å². The highest BCUT2D eigenvalue weighted by Gasteiger charge is 2.14. The van der Waals surface area contributed by atoms with E-state index in [9.17, 15) is 0 Å². The van der Waals surface area contributed by atoms with Gasteiger partial charge in [-0.1, -0.05) is 141 Å². The van der Waals surface area contributed by atoms with Crippen molar-refractivity contribution in [3.8, 4) is 0 Å². The van der Waals surface area contributed by atoms with E-state index in [-0.39, 0.29) is 0 Å². The molecule has 0 spiro atoms. The van der Waals surface area contributed by atoms with Crippen LogP contribution < -0.4 is 0 Å². The third-order valence-electron chi connectivity index (χ3n) is 6.13. The van der Waals surface area contributed by atoms with Crippen molar-refractivity contribution in [2.75, 3.05) is 0 Å². The molecule has 0 aliphatic heterocycles. The highest BCUT2D eigenvalue weighted by molar-refractivity contribution is 5.48. The Morgan fingerprint density at radius 3 is 1.91 bits per heavy atom. The summed E-state index contributed by atoms with van der Waals surface area (Å²) in [7, 11) is 0. The summed E-state index contributed by atoms with van der Waals surface area (Å²) in [5.41, 5.74) is 5.55. The van der Waals surface area contributed by atoms with E-state index in [2.05, 4.69) is 135 Å². The molecule has 0 heteroatoms. The fraction of sp³-hybridized carbons (Fsp3) is 0.273. The molecule has 0 saturated carbocycles. The van der Waals surface area contributed by atoms with Gasteiger partial charge >= 0.3 is 0 Å². The van der Waals surface area contributed by atoms with Crippen LogP contribution in [-0.4, -0.2) is 0 Å². The highest BCUT2D eigenvalue weighted by atomic mass is 14.2. The van der Waals surface area contributed by atoms with Gasteiger partial charge < -0.3 is 0 Å². The van der Waals surface area contributed by atoms with E-state index in [1.54, 1.807) is 0 Å². The summed E-state index contributed by atoms with van der Waals surface area (Å²) in [4.78, 5) is 0. The fourth-order valence-electron chi connectivity index (χ4n) is 4.25. The second-order valence-corrected chi connectivity index (χ2v) is 8.83. The molecular formula is C33H38. The maximum Gasteiger partial charge on any atom is 0.00925 e. The van der Waals surface area contributed by atoms with E-state index in [4.69, 9.17) is 0 Å². The molecule has 0 fully saturated rings. The Kier molecular flexibility index (Phi) is 10.5. The normalized spacial score (nSPS) is 13.2. The minimum atomic E-state index is 0.434. The van der Waals surface area contributed by atoms with Crippen LogP contribution >= 0.6 is 0 Å². The summed E-state index contributed by atoms with van der Waals surface area (Å²) in [5, 5.41) is 0. The number of hydrogen-bond donors (Lipinski definition) is 0. The first-order chi connectivity index (χ1) is 16.3. The zero-order valence-corrected chi connectivity index (χ0v) is 20.2. The molecule has 3 aromatic carbocycles. The molecule has 3 aromatic rings. The minimum absolute atomic E-state index is 0.434. The van der Waals surface area contributed by atoms with Crippen LogP contribution in [0.15, 0.2) is 121 Å². The van der Waals surface area contributed by atoms with Crippen molar-refractivity contribution in [1.82, 2.24) is 0 Å². The Morgan fingerprint density at radius 2 is 1.33 bits per heavy atom. The average Bonchev–Trinajstić information content (AvgIpc) is 2.87. The summed E-state index contributed by atoms with van der Waals surface area (Å²) in [6.07, 6.45) is 17.3. The van der Waals surface area contributed by atoms with Crippen LogP contribution in [0.2, 0.25) is 0 Å². The van der Waals surface area contributed by atoms with Gasteiger partial charge in [-0.05, 0) is 54.7 Å². The Balaban J connectivity index is 1.55. The van der Waals surface area contributed by atoms with Gasteiger partial charge in [0.2, 0.25) is 0 Å². The summed E-state index contributed by atoms with van der Waals surface area (Å²) in [5.74, 6) is 1.01. The van der Waals surface area contributed by atoms with E-state index < -0.39 is 0 Å². The first kappa shape index (κ1) is 24.5. The van der Waals surface area contributed by atoms with Gasteiger partial charge in [-0.2, -0.15) is 0 Å². The predicted octanol–water partition coefficient (Wildman–Crippen LogP) is 9.62. The quantitative estimate of drug-likeness (QED) is 0.249. The second kappa shape index (κ2) is 14.1. The first-order valence-electron chi connectivity index (χ1n) is 12.4. The first-order valence-corrected chi connectivity index (χ1v) is 12.4. The number of allylic oxidation sites excluding steroid dienone is 5. The van der Waals surface area contributed by atoms with Crippen molar-refractivity contribution in [1.29, 1.82) is 0 Å². The maximum absolute atomic E-state index is 2.39. The van der Waals surface area contributed by atoms with Gasteiger partial charge in [0.15, 0.2) is 0 Å². The number of benzene rings is 3. The van der Waals surface area contributed by atoms with Gasteiger partial charge in [0.05, 0.1) is 0 Å². The van der Waals surface area contributed by atoms with Gasteiger partial charge in [-0.3, -0.25) is 0 Å². The summed E-state index contributed by atoms with van der Waals surface area (Å²) < 4.78 is 0. The van der Waals surface area contributed by atoms with Gasteiger partial charge in [0, 0.05) is 5.92 Å². The van der Waals surface area contributed by atoms with Gasteiger partial charge in [-0.25, -0.2) is 0 Å². The van der Waals surface area contributed by atoms with Gasteiger partial charge in [0.25, 0.3) is 0 Å². The van der Waals surface area contributed by atoms with Crippen molar-refractivity contribution >= 4 is 6.08 Å². The Morgan fingerprint density at radius 1 is 0.758 bits per heavy atom. The monoisotopic (exact) mass is 434 g/mol. The summed E-state index contributed by atoms with van der Waals surface area (Å²) >= 11 is 0. The van der Waals surface area contributed by atoms with Crippen LogP contribution in [0.5, 0.6) is 0 Å². The maximum atomic E-state index is 2.39. The van der Waals surface area contributed by atoms with E-state index in [0.717, 1.165) is 25.7 Å². The summed E-state index contributed by atoms with van der Waals surface area (Å²) in [6, 6.07) is 32.4. The van der Waals surface area contributed by atoms with E-state index in [1.165, 1.54) is 28.7 Å². The lowest BCUT2D eigenvalue weighted by Crippen LogP contribution is -2.01. The average molecular weight is 435 g/mol. The van der Waals surface area contributed by atoms with Crippen molar-refractivity contribution in [3.05, 3.63) is 138 Å². The molecule has 0 nitrogen and oxygen atoms in total.